The maximum absolute atomic E-state index is 12.3. The third-order valence-electron chi connectivity index (χ3n) is 3.51. The molecule has 0 radical (unpaired) electrons. The Kier molecular flexibility index (Phi) is 8.79. The molecule has 0 bridgehead atoms. The normalized spacial score (nSPS) is 13.3. The van der Waals surface area contributed by atoms with E-state index in [4.69, 9.17) is 9.47 Å². The molecule has 0 saturated heterocycles. The topological polar surface area (TPSA) is 64.6 Å². The van der Waals surface area contributed by atoms with Crippen molar-refractivity contribution >= 4 is 11.9 Å². The average Bonchev–Trinajstić information content (AvgIpc) is 2.57. The second kappa shape index (κ2) is 10.6. The zero-order valence-corrected chi connectivity index (χ0v) is 15.9. The van der Waals surface area contributed by atoms with E-state index >= 15 is 0 Å². The molecule has 0 aliphatic heterocycles. The molecule has 1 rings (SSSR count). The highest BCUT2D eigenvalue weighted by Crippen LogP contribution is 2.15. The van der Waals surface area contributed by atoms with Gasteiger partial charge in [-0.25, -0.2) is 4.79 Å². The van der Waals surface area contributed by atoms with Crippen LogP contribution in [0.15, 0.2) is 55.6 Å². The average molecular weight is 359 g/mol. The number of benzene rings is 1. The molecule has 142 valence electrons. The molecule has 1 amide bonds. The van der Waals surface area contributed by atoms with Crippen molar-refractivity contribution in [3.63, 3.8) is 0 Å². The van der Waals surface area contributed by atoms with Crippen molar-refractivity contribution in [3.05, 3.63) is 61.2 Å². The van der Waals surface area contributed by atoms with Gasteiger partial charge >= 0.3 is 6.09 Å². The number of carbonyl (C=O) groups excluding carboxylic acids is 2. The van der Waals surface area contributed by atoms with Crippen LogP contribution < -0.4 is 5.32 Å². The molecule has 0 aromatic heterocycles. The van der Waals surface area contributed by atoms with Gasteiger partial charge in [0.05, 0.1) is 18.8 Å². The lowest BCUT2D eigenvalue weighted by Crippen LogP contribution is -2.48. The van der Waals surface area contributed by atoms with Gasteiger partial charge in [0.2, 0.25) is 0 Å². The number of carbonyl (C=O) groups is 2. The molecule has 0 aliphatic carbocycles. The molecule has 1 aromatic rings. The standard InChI is InChI=1S/C21H29NO4/c1-6-13-25-19(15-17(23)7-2)18(14-16-11-9-8-10-12-16)22-20(24)26-21(3,4)5/h6-12,18-19H,1-2,13-15H2,3-5H3,(H,22,24)/t18-,19?/m1/s1. The molecule has 0 saturated carbocycles. The first-order valence-corrected chi connectivity index (χ1v) is 8.66. The summed E-state index contributed by atoms with van der Waals surface area (Å²) in [5.41, 5.74) is 0.405. The minimum atomic E-state index is -0.615. The molecule has 5 heteroatoms. The lowest BCUT2D eigenvalue weighted by Gasteiger charge is -2.29. The van der Waals surface area contributed by atoms with Crippen LogP contribution in [0.1, 0.15) is 32.8 Å². The molecule has 2 atom stereocenters. The summed E-state index contributed by atoms with van der Waals surface area (Å²) < 4.78 is 11.1. The van der Waals surface area contributed by atoms with Crippen molar-refractivity contribution in [2.45, 2.75) is 51.4 Å². The molecule has 1 N–H and O–H groups in total. The Morgan fingerprint density at radius 2 is 1.85 bits per heavy atom. The summed E-state index contributed by atoms with van der Waals surface area (Å²) in [6.07, 6.45) is 2.43. The van der Waals surface area contributed by atoms with Gasteiger partial charge in [-0.1, -0.05) is 43.0 Å². The molecule has 0 fully saturated rings. The van der Waals surface area contributed by atoms with Crippen LogP contribution in [-0.2, 0) is 20.7 Å². The predicted octanol–water partition coefficient (Wildman–Crippen LogP) is 3.84. The summed E-state index contributed by atoms with van der Waals surface area (Å²) in [6, 6.07) is 9.26. The molecule has 1 unspecified atom stereocenters. The molecule has 1 aromatic carbocycles. The molecular formula is C21H29NO4. The van der Waals surface area contributed by atoms with Crippen LogP contribution in [0.3, 0.4) is 0 Å². The lowest BCUT2D eigenvalue weighted by atomic mass is 9.97. The second-order valence-electron chi connectivity index (χ2n) is 6.98. The number of hydrogen-bond acceptors (Lipinski definition) is 4. The first kappa shape index (κ1) is 21.6. The SMILES string of the molecule is C=CCOC(CC(=O)C=C)[C@@H](Cc1ccccc1)NC(=O)OC(C)(C)C. The predicted molar refractivity (Wildman–Crippen MR) is 103 cm³/mol. The van der Waals surface area contributed by atoms with Crippen LogP contribution in [0.25, 0.3) is 0 Å². The molecule has 0 heterocycles. The molecule has 0 spiro atoms. The monoisotopic (exact) mass is 359 g/mol. The smallest absolute Gasteiger partial charge is 0.407 e. The van der Waals surface area contributed by atoms with Crippen molar-refractivity contribution in [1.29, 1.82) is 0 Å². The third kappa shape index (κ3) is 8.62. The number of ketones is 1. The van der Waals surface area contributed by atoms with E-state index in [1.54, 1.807) is 26.8 Å². The van der Waals surface area contributed by atoms with Crippen molar-refractivity contribution in [2.24, 2.45) is 0 Å². The van der Waals surface area contributed by atoms with Gasteiger partial charge in [0.1, 0.15) is 5.60 Å². The van der Waals surface area contributed by atoms with E-state index in [0.29, 0.717) is 6.42 Å². The summed E-state index contributed by atoms with van der Waals surface area (Å²) in [6.45, 7) is 12.8. The largest absolute Gasteiger partial charge is 0.444 e. The zero-order chi connectivity index (χ0) is 19.6. The van der Waals surface area contributed by atoms with Crippen LogP contribution in [-0.4, -0.2) is 36.2 Å². The fourth-order valence-electron chi connectivity index (χ4n) is 2.39. The highest BCUT2D eigenvalue weighted by atomic mass is 16.6. The van der Waals surface area contributed by atoms with Gasteiger partial charge in [-0.15, -0.1) is 6.58 Å². The van der Waals surface area contributed by atoms with Gasteiger partial charge < -0.3 is 14.8 Å². The fraction of sp³-hybridized carbons (Fsp3) is 0.429. The highest BCUT2D eigenvalue weighted by Gasteiger charge is 2.28. The first-order chi connectivity index (χ1) is 12.2. The van der Waals surface area contributed by atoms with Gasteiger partial charge in [0, 0.05) is 6.42 Å². The molecule has 26 heavy (non-hydrogen) atoms. The highest BCUT2D eigenvalue weighted by molar-refractivity contribution is 5.89. The van der Waals surface area contributed by atoms with E-state index in [9.17, 15) is 9.59 Å². The Labute approximate surface area is 156 Å². The third-order valence-corrected chi connectivity index (χ3v) is 3.51. The first-order valence-electron chi connectivity index (χ1n) is 8.66. The number of hydrogen-bond donors (Lipinski definition) is 1. The molecular weight excluding hydrogens is 330 g/mol. The van der Waals surface area contributed by atoms with Gasteiger partial charge in [0.25, 0.3) is 0 Å². The van der Waals surface area contributed by atoms with Gasteiger partial charge in [-0.2, -0.15) is 0 Å². The number of amides is 1. The van der Waals surface area contributed by atoms with Gasteiger partial charge in [-0.3, -0.25) is 4.79 Å². The van der Waals surface area contributed by atoms with E-state index < -0.39 is 23.8 Å². The van der Waals surface area contributed by atoms with Crippen molar-refractivity contribution in [3.8, 4) is 0 Å². The Morgan fingerprint density at radius 3 is 2.38 bits per heavy atom. The number of allylic oxidation sites excluding steroid dienone is 1. The minimum absolute atomic E-state index is 0.116. The lowest BCUT2D eigenvalue weighted by molar-refractivity contribution is -0.117. The second-order valence-corrected chi connectivity index (χ2v) is 6.98. The number of ether oxygens (including phenoxy) is 2. The summed E-state index contributed by atoms with van der Waals surface area (Å²) >= 11 is 0. The van der Waals surface area contributed by atoms with Crippen LogP contribution >= 0.6 is 0 Å². The van der Waals surface area contributed by atoms with E-state index in [0.717, 1.165) is 5.56 Å². The van der Waals surface area contributed by atoms with Crippen LogP contribution in [0.5, 0.6) is 0 Å². The van der Waals surface area contributed by atoms with E-state index in [2.05, 4.69) is 18.5 Å². The zero-order valence-electron chi connectivity index (χ0n) is 15.9. The van der Waals surface area contributed by atoms with Gasteiger partial charge in [0.15, 0.2) is 5.78 Å². The van der Waals surface area contributed by atoms with Gasteiger partial charge in [-0.05, 0) is 38.8 Å². The Bertz CT molecular complexity index is 604. The Morgan fingerprint density at radius 1 is 1.19 bits per heavy atom. The van der Waals surface area contributed by atoms with Crippen LogP contribution in [0, 0.1) is 0 Å². The Hall–Kier alpha value is -2.40. The van der Waals surface area contributed by atoms with E-state index in [1.807, 2.05) is 30.3 Å². The minimum Gasteiger partial charge on any atom is -0.444 e. The quantitative estimate of drug-likeness (QED) is 0.509. The van der Waals surface area contributed by atoms with E-state index in [1.165, 1.54) is 6.08 Å². The summed E-state index contributed by atoms with van der Waals surface area (Å²) in [5, 5.41) is 2.85. The van der Waals surface area contributed by atoms with E-state index in [-0.39, 0.29) is 18.8 Å². The number of rotatable bonds is 10. The fourth-order valence-corrected chi connectivity index (χ4v) is 2.39. The van der Waals surface area contributed by atoms with Crippen molar-refractivity contribution in [2.75, 3.05) is 6.61 Å². The van der Waals surface area contributed by atoms with Crippen molar-refractivity contribution < 1.29 is 19.1 Å². The Balaban J connectivity index is 2.99. The summed E-state index contributed by atoms with van der Waals surface area (Å²) in [4.78, 5) is 24.2. The molecule has 0 aliphatic rings. The maximum Gasteiger partial charge on any atom is 0.407 e. The van der Waals surface area contributed by atoms with Crippen LogP contribution in [0.2, 0.25) is 0 Å². The maximum atomic E-state index is 12.3. The van der Waals surface area contributed by atoms with Crippen LogP contribution in [0.4, 0.5) is 4.79 Å². The van der Waals surface area contributed by atoms with Crippen molar-refractivity contribution in [1.82, 2.24) is 5.32 Å². The summed E-state index contributed by atoms with van der Waals surface area (Å²) in [5.74, 6) is -0.150. The number of nitrogens with one attached hydrogen (secondary N) is 1. The summed E-state index contributed by atoms with van der Waals surface area (Å²) in [7, 11) is 0. The number of alkyl carbamates (subject to hydrolysis) is 1. The molecule has 5 nitrogen and oxygen atoms in total.